The van der Waals surface area contributed by atoms with Gasteiger partial charge in [0.15, 0.2) is 0 Å². The molecule has 1 aromatic carbocycles. The minimum atomic E-state index is 0.672. The maximum absolute atomic E-state index is 5.59. The van der Waals surface area contributed by atoms with Gasteiger partial charge in [-0.1, -0.05) is 26.0 Å². The van der Waals surface area contributed by atoms with Crippen molar-refractivity contribution in [2.45, 2.75) is 20.3 Å². The number of likely N-dealkylation sites (N-methyl/N-ethyl adjacent to an activating group) is 1. The SMILES string of the molecule is CC(C)CN(CCN(C)C)c1ccc(CCN)cc1. The van der Waals surface area contributed by atoms with Crippen LogP contribution in [0.5, 0.6) is 0 Å². The van der Waals surface area contributed by atoms with Crippen molar-refractivity contribution in [3.05, 3.63) is 29.8 Å². The van der Waals surface area contributed by atoms with Crippen molar-refractivity contribution in [1.82, 2.24) is 4.90 Å². The summed E-state index contributed by atoms with van der Waals surface area (Å²) < 4.78 is 0. The molecule has 0 amide bonds. The van der Waals surface area contributed by atoms with Crippen molar-refractivity contribution in [2.75, 3.05) is 45.2 Å². The van der Waals surface area contributed by atoms with Crippen LogP contribution in [0.25, 0.3) is 0 Å². The molecule has 0 heterocycles. The first kappa shape index (κ1) is 16.0. The summed E-state index contributed by atoms with van der Waals surface area (Å²) in [5.74, 6) is 0.672. The number of hydrogen-bond acceptors (Lipinski definition) is 3. The maximum Gasteiger partial charge on any atom is 0.0366 e. The maximum atomic E-state index is 5.59. The molecule has 0 saturated heterocycles. The fourth-order valence-electron chi connectivity index (χ4n) is 2.13. The summed E-state index contributed by atoms with van der Waals surface area (Å²) in [6.07, 6.45) is 0.960. The van der Waals surface area contributed by atoms with E-state index in [1.807, 2.05) is 0 Å². The van der Waals surface area contributed by atoms with E-state index in [1.54, 1.807) is 0 Å². The zero-order valence-electron chi connectivity index (χ0n) is 12.9. The molecule has 0 saturated carbocycles. The molecule has 1 rings (SSSR count). The van der Waals surface area contributed by atoms with E-state index in [9.17, 15) is 0 Å². The molecular formula is C16H29N3. The van der Waals surface area contributed by atoms with Gasteiger partial charge in [-0.3, -0.25) is 0 Å². The van der Waals surface area contributed by atoms with Gasteiger partial charge in [-0.15, -0.1) is 0 Å². The highest BCUT2D eigenvalue weighted by molar-refractivity contribution is 5.47. The van der Waals surface area contributed by atoms with Gasteiger partial charge in [-0.05, 0) is 50.7 Å². The van der Waals surface area contributed by atoms with E-state index in [2.05, 4.69) is 62.0 Å². The van der Waals surface area contributed by atoms with Gasteiger partial charge >= 0.3 is 0 Å². The third kappa shape index (κ3) is 6.08. The standard InChI is InChI=1S/C16H29N3/c1-14(2)13-19(12-11-18(3)4)16-7-5-15(6-8-16)9-10-17/h5-8,14H,9-13,17H2,1-4H3. The Labute approximate surface area is 118 Å². The molecule has 19 heavy (non-hydrogen) atoms. The highest BCUT2D eigenvalue weighted by Crippen LogP contribution is 2.17. The van der Waals surface area contributed by atoms with Gasteiger partial charge in [0.25, 0.3) is 0 Å². The second-order valence-electron chi connectivity index (χ2n) is 5.85. The van der Waals surface area contributed by atoms with Gasteiger partial charge in [-0.2, -0.15) is 0 Å². The Morgan fingerprint density at radius 2 is 1.68 bits per heavy atom. The normalized spacial score (nSPS) is 11.3. The summed E-state index contributed by atoms with van der Waals surface area (Å²) in [7, 11) is 4.25. The average Bonchev–Trinajstić information content (AvgIpc) is 2.35. The number of nitrogens with two attached hydrogens (primary N) is 1. The number of anilines is 1. The Bertz CT molecular complexity index is 344. The van der Waals surface area contributed by atoms with Crippen molar-refractivity contribution in [3.8, 4) is 0 Å². The van der Waals surface area contributed by atoms with E-state index in [0.29, 0.717) is 5.92 Å². The molecule has 0 unspecified atom stereocenters. The largest absolute Gasteiger partial charge is 0.370 e. The van der Waals surface area contributed by atoms with Crippen LogP contribution in [-0.4, -0.2) is 45.2 Å². The molecule has 0 radical (unpaired) electrons. The van der Waals surface area contributed by atoms with Gasteiger partial charge in [0, 0.05) is 25.3 Å². The topological polar surface area (TPSA) is 32.5 Å². The molecule has 0 spiro atoms. The van der Waals surface area contributed by atoms with E-state index >= 15 is 0 Å². The first-order valence-electron chi connectivity index (χ1n) is 7.21. The lowest BCUT2D eigenvalue weighted by Crippen LogP contribution is -2.34. The highest BCUT2D eigenvalue weighted by atomic mass is 15.2. The first-order valence-corrected chi connectivity index (χ1v) is 7.21. The van der Waals surface area contributed by atoms with Crippen LogP contribution >= 0.6 is 0 Å². The lowest BCUT2D eigenvalue weighted by atomic mass is 10.1. The van der Waals surface area contributed by atoms with Crippen molar-refractivity contribution in [2.24, 2.45) is 11.7 Å². The molecular weight excluding hydrogens is 234 g/mol. The molecule has 0 atom stereocenters. The molecule has 0 fully saturated rings. The fourth-order valence-corrected chi connectivity index (χ4v) is 2.13. The highest BCUT2D eigenvalue weighted by Gasteiger charge is 2.09. The van der Waals surface area contributed by atoms with Gasteiger partial charge in [0.2, 0.25) is 0 Å². The van der Waals surface area contributed by atoms with Crippen LogP contribution in [0.3, 0.4) is 0 Å². The van der Waals surface area contributed by atoms with Crippen LogP contribution in [0.4, 0.5) is 5.69 Å². The molecule has 3 heteroatoms. The van der Waals surface area contributed by atoms with Crippen LogP contribution in [-0.2, 0) is 6.42 Å². The van der Waals surface area contributed by atoms with Crippen LogP contribution in [0.15, 0.2) is 24.3 Å². The summed E-state index contributed by atoms with van der Waals surface area (Å²) in [6.45, 7) is 8.51. The third-order valence-electron chi connectivity index (χ3n) is 3.14. The van der Waals surface area contributed by atoms with E-state index < -0.39 is 0 Å². The molecule has 3 nitrogen and oxygen atoms in total. The Balaban J connectivity index is 2.72. The zero-order valence-corrected chi connectivity index (χ0v) is 12.9. The lowest BCUT2D eigenvalue weighted by Gasteiger charge is -2.28. The molecule has 0 bridgehead atoms. The summed E-state index contributed by atoms with van der Waals surface area (Å²) in [6, 6.07) is 8.85. The van der Waals surface area contributed by atoms with Crippen molar-refractivity contribution in [1.29, 1.82) is 0 Å². The monoisotopic (exact) mass is 263 g/mol. The Kier molecular flexibility index (Phi) is 6.89. The smallest absolute Gasteiger partial charge is 0.0366 e. The van der Waals surface area contributed by atoms with Gasteiger partial charge in [0.05, 0.1) is 0 Å². The minimum absolute atomic E-state index is 0.672. The molecule has 2 N–H and O–H groups in total. The molecule has 108 valence electrons. The van der Waals surface area contributed by atoms with Gasteiger partial charge in [-0.25, -0.2) is 0 Å². The Hall–Kier alpha value is -1.06. The predicted octanol–water partition coefficient (Wildman–Crippen LogP) is 2.21. The third-order valence-corrected chi connectivity index (χ3v) is 3.14. The van der Waals surface area contributed by atoms with Crippen LogP contribution in [0.1, 0.15) is 19.4 Å². The van der Waals surface area contributed by atoms with Gasteiger partial charge < -0.3 is 15.5 Å². The van der Waals surface area contributed by atoms with E-state index in [-0.39, 0.29) is 0 Å². The molecule has 0 aromatic heterocycles. The van der Waals surface area contributed by atoms with Crippen LogP contribution < -0.4 is 10.6 Å². The van der Waals surface area contributed by atoms with E-state index in [4.69, 9.17) is 5.73 Å². The van der Waals surface area contributed by atoms with Crippen LogP contribution in [0, 0.1) is 5.92 Å². The second-order valence-corrected chi connectivity index (χ2v) is 5.85. The zero-order chi connectivity index (χ0) is 14.3. The second kappa shape index (κ2) is 8.18. The summed E-state index contributed by atoms with van der Waals surface area (Å²) in [4.78, 5) is 4.70. The van der Waals surface area contributed by atoms with Crippen molar-refractivity contribution in [3.63, 3.8) is 0 Å². The molecule has 0 aliphatic rings. The Morgan fingerprint density at radius 1 is 1.05 bits per heavy atom. The van der Waals surface area contributed by atoms with E-state index in [1.165, 1.54) is 11.3 Å². The Morgan fingerprint density at radius 3 is 2.16 bits per heavy atom. The quantitative estimate of drug-likeness (QED) is 0.780. The summed E-state index contributed by atoms with van der Waals surface area (Å²) in [5, 5.41) is 0. The number of benzene rings is 1. The van der Waals surface area contributed by atoms with Crippen molar-refractivity contribution < 1.29 is 0 Å². The molecule has 0 aliphatic carbocycles. The average molecular weight is 263 g/mol. The summed E-state index contributed by atoms with van der Waals surface area (Å²) >= 11 is 0. The minimum Gasteiger partial charge on any atom is -0.370 e. The fraction of sp³-hybridized carbons (Fsp3) is 0.625. The number of hydrogen-bond donors (Lipinski definition) is 1. The number of rotatable bonds is 8. The summed E-state index contributed by atoms with van der Waals surface area (Å²) in [5.41, 5.74) is 8.23. The predicted molar refractivity (Wildman–Crippen MR) is 84.8 cm³/mol. The van der Waals surface area contributed by atoms with E-state index in [0.717, 1.165) is 32.6 Å². The molecule has 0 aliphatic heterocycles. The number of nitrogens with zero attached hydrogens (tertiary/aromatic N) is 2. The lowest BCUT2D eigenvalue weighted by molar-refractivity contribution is 0.409. The first-order chi connectivity index (χ1) is 9.02. The van der Waals surface area contributed by atoms with Crippen LogP contribution in [0.2, 0.25) is 0 Å². The van der Waals surface area contributed by atoms with Crippen molar-refractivity contribution >= 4 is 5.69 Å². The van der Waals surface area contributed by atoms with Gasteiger partial charge in [0.1, 0.15) is 0 Å². The molecule has 1 aromatic rings.